The molecule has 9 nitrogen and oxygen atoms in total. The zero-order chi connectivity index (χ0) is 27.0. The van der Waals surface area contributed by atoms with Crippen LogP contribution < -0.4 is 10.2 Å². The van der Waals surface area contributed by atoms with Crippen molar-refractivity contribution in [2.45, 2.75) is 32.3 Å². The quantitative estimate of drug-likeness (QED) is 0.341. The highest BCUT2D eigenvalue weighted by molar-refractivity contribution is 6.30. The molecule has 0 radical (unpaired) electrons. The average molecular weight is 530 g/mol. The number of halogens is 1. The first-order chi connectivity index (χ1) is 18.2. The van der Waals surface area contributed by atoms with Gasteiger partial charge in [0.25, 0.3) is 5.91 Å². The number of carbonyl (C=O) groups is 2. The van der Waals surface area contributed by atoms with Crippen LogP contribution in [0.25, 0.3) is 22.6 Å². The highest BCUT2D eigenvalue weighted by atomic mass is 35.5. The fraction of sp³-hybridized carbons (Fsp3) is 0.250. The Labute approximate surface area is 224 Å². The molecule has 2 aromatic heterocycles. The number of nitrogens with one attached hydrogen (secondary N) is 1. The van der Waals surface area contributed by atoms with Crippen LogP contribution in [-0.2, 0) is 4.74 Å². The van der Waals surface area contributed by atoms with Gasteiger partial charge in [0.2, 0.25) is 5.89 Å². The molecule has 1 aliphatic heterocycles. The van der Waals surface area contributed by atoms with Crippen molar-refractivity contribution in [2.75, 3.05) is 18.0 Å². The molecule has 5 rings (SSSR count). The fourth-order valence-corrected chi connectivity index (χ4v) is 4.41. The van der Waals surface area contributed by atoms with Gasteiger partial charge in [-0.2, -0.15) is 5.26 Å². The molecule has 4 aromatic rings. The fourth-order valence-electron chi connectivity index (χ4n) is 4.30. The first-order valence-electron chi connectivity index (χ1n) is 12.0. The summed E-state index contributed by atoms with van der Waals surface area (Å²) in [7, 11) is 0. The van der Waals surface area contributed by atoms with Crippen molar-refractivity contribution in [3.63, 3.8) is 0 Å². The summed E-state index contributed by atoms with van der Waals surface area (Å²) in [5.74, 6) is 0.683. The van der Waals surface area contributed by atoms with Crippen LogP contribution in [0, 0.1) is 11.3 Å². The van der Waals surface area contributed by atoms with Gasteiger partial charge < -0.3 is 14.5 Å². The van der Waals surface area contributed by atoms with Crippen molar-refractivity contribution in [3.8, 4) is 17.5 Å². The molecule has 1 saturated heterocycles. The Bertz CT molecular complexity index is 1570. The van der Waals surface area contributed by atoms with E-state index in [1.807, 2.05) is 19.9 Å². The summed E-state index contributed by atoms with van der Waals surface area (Å²) in [6, 6.07) is 15.8. The second-order valence-electron chi connectivity index (χ2n) is 9.70. The van der Waals surface area contributed by atoms with Gasteiger partial charge in [-0.3, -0.25) is 9.69 Å². The third-order valence-electron chi connectivity index (χ3n) is 6.32. The number of nitriles is 1. The lowest BCUT2D eigenvalue weighted by atomic mass is 10.00. The molecule has 0 bridgehead atoms. The van der Waals surface area contributed by atoms with E-state index >= 15 is 0 Å². The molecule has 0 aliphatic carbocycles. The zero-order valence-corrected chi connectivity index (χ0v) is 21.7. The Morgan fingerprint density at radius 2 is 2.00 bits per heavy atom. The molecule has 0 spiro atoms. The topological polar surface area (TPSA) is 121 Å². The first-order valence-corrected chi connectivity index (χ1v) is 12.4. The SMILES string of the molecule is CC(C)c1cc(C#N)cc2nc(-c3ccc(C(=O)NCC4(C)CN(c5ccc(Cl)cn5)C(=O)O4)cc3)oc12. The van der Waals surface area contributed by atoms with Crippen molar-refractivity contribution < 1.29 is 18.7 Å². The van der Waals surface area contributed by atoms with E-state index in [2.05, 4.69) is 21.4 Å². The van der Waals surface area contributed by atoms with E-state index in [4.69, 9.17) is 20.8 Å². The lowest BCUT2D eigenvalue weighted by Gasteiger charge is -2.22. The largest absolute Gasteiger partial charge is 0.439 e. The number of anilines is 1. The van der Waals surface area contributed by atoms with Crippen LogP contribution in [-0.4, -0.2) is 40.7 Å². The molecular formula is C28H24ClN5O4. The Kier molecular flexibility index (Phi) is 6.51. The second-order valence-corrected chi connectivity index (χ2v) is 10.1. The maximum atomic E-state index is 12.8. The molecule has 0 saturated carbocycles. The number of fused-ring (bicyclic) bond motifs is 1. The number of carbonyl (C=O) groups excluding carboxylic acids is 2. The minimum atomic E-state index is -0.928. The van der Waals surface area contributed by atoms with Gasteiger partial charge in [0.1, 0.15) is 16.9 Å². The number of hydrogen-bond acceptors (Lipinski definition) is 7. The first kappa shape index (κ1) is 25.2. The van der Waals surface area contributed by atoms with Gasteiger partial charge in [-0.25, -0.2) is 14.8 Å². The maximum absolute atomic E-state index is 12.8. The van der Waals surface area contributed by atoms with Gasteiger partial charge in [0.15, 0.2) is 5.58 Å². The van der Waals surface area contributed by atoms with Crippen molar-refractivity contribution in [1.29, 1.82) is 5.26 Å². The Morgan fingerprint density at radius 3 is 2.66 bits per heavy atom. The number of nitrogens with zero attached hydrogens (tertiary/aromatic N) is 4. The minimum absolute atomic E-state index is 0.119. The molecule has 10 heteroatoms. The van der Waals surface area contributed by atoms with E-state index in [1.54, 1.807) is 49.4 Å². The van der Waals surface area contributed by atoms with Crippen LogP contribution >= 0.6 is 11.6 Å². The van der Waals surface area contributed by atoms with Crippen molar-refractivity contribution in [1.82, 2.24) is 15.3 Å². The maximum Gasteiger partial charge on any atom is 0.416 e. The Morgan fingerprint density at radius 1 is 1.24 bits per heavy atom. The third-order valence-corrected chi connectivity index (χ3v) is 6.55. The molecule has 2 amide bonds. The van der Waals surface area contributed by atoms with E-state index in [0.717, 1.165) is 5.56 Å². The number of cyclic esters (lactones) is 1. The molecule has 1 aliphatic rings. The van der Waals surface area contributed by atoms with Crippen molar-refractivity contribution >= 4 is 40.5 Å². The Hall–Kier alpha value is -4.42. The molecule has 38 heavy (non-hydrogen) atoms. The standard InChI is InChI=1S/C28H24ClN5O4/c1-16(2)21-10-17(12-30)11-22-24(21)37-26(33-22)19-6-4-18(5-7-19)25(35)32-14-28(3)15-34(27(36)38-28)23-9-8-20(29)13-31-23/h4-11,13,16H,14-15H2,1-3H3,(H,32,35). The van der Waals surface area contributed by atoms with Gasteiger partial charge in [0.05, 0.1) is 29.7 Å². The number of rotatable bonds is 6. The Balaban J connectivity index is 1.27. The number of benzene rings is 2. The second kappa shape index (κ2) is 9.80. The highest BCUT2D eigenvalue weighted by Crippen LogP contribution is 2.32. The summed E-state index contributed by atoms with van der Waals surface area (Å²) < 4.78 is 11.6. The third kappa shape index (κ3) is 4.91. The van der Waals surface area contributed by atoms with Gasteiger partial charge >= 0.3 is 6.09 Å². The monoisotopic (exact) mass is 529 g/mol. The number of hydrogen-bond donors (Lipinski definition) is 1. The smallest absolute Gasteiger partial charge is 0.416 e. The summed E-state index contributed by atoms with van der Waals surface area (Å²) >= 11 is 5.88. The van der Waals surface area contributed by atoms with Crippen LogP contribution in [0.4, 0.5) is 10.6 Å². The van der Waals surface area contributed by atoms with E-state index in [0.29, 0.717) is 44.5 Å². The van der Waals surface area contributed by atoms with Crippen LogP contribution in [0.15, 0.2) is 59.1 Å². The number of amides is 2. The number of aromatic nitrogens is 2. The molecule has 1 atom stereocenters. The lowest BCUT2D eigenvalue weighted by Crippen LogP contribution is -2.43. The van der Waals surface area contributed by atoms with E-state index in [-0.39, 0.29) is 24.9 Å². The van der Waals surface area contributed by atoms with Crippen LogP contribution in [0.1, 0.15) is 48.2 Å². The van der Waals surface area contributed by atoms with Crippen LogP contribution in [0.3, 0.4) is 0 Å². The summed E-state index contributed by atoms with van der Waals surface area (Å²) in [5.41, 5.74) is 2.92. The molecule has 1 fully saturated rings. The van der Waals surface area contributed by atoms with Gasteiger partial charge in [0, 0.05) is 22.9 Å². The summed E-state index contributed by atoms with van der Waals surface area (Å²) in [4.78, 5) is 35.4. The molecule has 1 unspecified atom stereocenters. The summed E-state index contributed by atoms with van der Waals surface area (Å²) in [5, 5.41) is 12.7. The van der Waals surface area contributed by atoms with Crippen molar-refractivity contribution in [3.05, 3.63) is 76.4 Å². The number of pyridine rings is 1. The highest BCUT2D eigenvalue weighted by Gasteiger charge is 2.43. The van der Waals surface area contributed by atoms with Crippen molar-refractivity contribution in [2.24, 2.45) is 0 Å². The molecule has 2 aromatic carbocycles. The zero-order valence-electron chi connectivity index (χ0n) is 21.0. The molecular weight excluding hydrogens is 506 g/mol. The molecule has 1 N–H and O–H groups in total. The van der Waals surface area contributed by atoms with E-state index in [1.165, 1.54) is 11.1 Å². The molecule has 192 valence electrons. The van der Waals surface area contributed by atoms with E-state index in [9.17, 15) is 14.9 Å². The number of ether oxygens (including phenoxy) is 1. The predicted octanol–water partition coefficient (Wildman–Crippen LogP) is 5.68. The van der Waals surface area contributed by atoms with Crippen LogP contribution in [0.2, 0.25) is 5.02 Å². The average Bonchev–Trinajstić information content (AvgIpc) is 3.47. The number of oxazole rings is 1. The summed E-state index contributed by atoms with van der Waals surface area (Å²) in [6.07, 6.45) is 0.917. The molecule has 3 heterocycles. The predicted molar refractivity (Wildman–Crippen MR) is 142 cm³/mol. The lowest BCUT2D eigenvalue weighted by molar-refractivity contribution is 0.0653. The van der Waals surface area contributed by atoms with Gasteiger partial charge in [-0.1, -0.05) is 25.4 Å². The minimum Gasteiger partial charge on any atom is -0.439 e. The van der Waals surface area contributed by atoms with Gasteiger partial charge in [-0.15, -0.1) is 0 Å². The summed E-state index contributed by atoms with van der Waals surface area (Å²) in [6.45, 7) is 6.16. The van der Waals surface area contributed by atoms with Gasteiger partial charge in [-0.05, 0) is 61.4 Å². The van der Waals surface area contributed by atoms with Crippen LogP contribution in [0.5, 0.6) is 0 Å². The van der Waals surface area contributed by atoms with E-state index < -0.39 is 11.7 Å². The normalized spacial score (nSPS) is 17.1.